The van der Waals surface area contributed by atoms with Crippen molar-refractivity contribution in [3.63, 3.8) is 0 Å². The minimum atomic E-state index is -0.379. The fraction of sp³-hybridized carbons (Fsp3) is 0.261. The highest BCUT2D eigenvalue weighted by Crippen LogP contribution is 2.43. The first-order valence-electron chi connectivity index (χ1n) is 10.1. The summed E-state index contributed by atoms with van der Waals surface area (Å²) in [6.45, 7) is 2.30. The fourth-order valence-corrected chi connectivity index (χ4v) is 4.20. The van der Waals surface area contributed by atoms with Gasteiger partial charge in [-0.05, 0) is 31.0 Å². The molecular formula is C23H22N4O3. The predicted molar refractivity (Wildman–Crippen MR) is 112 cm³/mol. The highest BCUT2D eigenvalue weighted by Gasteiger charge is 2.41. The Morgan fingerprint density at radius 3 is 2.87 bits per heavy atom. The number of ether oxygens (including phenoxy) is 1. The van der Waals surface area contributed by atoms with E-state index in [0.29, 0.717) is 37.0 Å². The third-order valence-electron chi connectivity index (χ3n) is 5.56. The smallest absolute Gasteiger partial charge is 0.226 e. The van der Waals surface area contributed by atoms with Gasteiger partial charge < -0.3 is 15.2 Å². The molecule has 5 rings (SSSR count). The number of benzene rings is 2. The molecule has 7 nitrogen and oxygen atoms in total. The Morgan fingerprint density at radius 1 is 1.23 bits per heavy atom. The van der Waals surface area contributed by atoms with E-state index in [1.807, 2.05) is 43.3 Å². The summed E-state index contributed by atoms with van der Waals surface area (Å²) >= 11 is 0. The molecule has 0 unspecified atom stereocenters. The number of ketones is 1. The number of nitrogens with zero attached hydrogens (tertiary/aromatic N) is 3. The minimum absolute atomic E-state index is 0.0732. The van der Waals surface area contributed by atoms with Gasteiger partial charge in [-0.3, -0.25) is 4.79 Å². The van der Waals surface area contributed by atoms with Crippen LogP contribution in [-0.2, 0) is 4.79 Å². The van der Waals surface area contributed by atoms with Crippen molar-refractivity contribution >= 4 is 11.7 Å². The highest BCUT2D eigenvalue weighted by atomic mass is 16.5. The number of hydrogen-bond donors (Lipinski definition) is 2. The number of Topliss-reactive ketones (excluding diaryl/α,β-unsaturated/α-hetero) is 1. The molecule has 30 heavy (non-hydrogen) atoms. The van der Waals surface area contributed by atoms with E-state index in [1.54, 1.807) is 16.8 Å². The number of hydrogen-bond acceptors (Lipinski definition) is 6. The molecule has 1 aromatic heterocycles. The van der Waals surface area contributed by atoms with Gasteiger partial charge in [0.1, 0.15) is 5.78 Å². The molecular weight excluding hydrogens is 380 g/mol. The molecule has 1 aliphatic carbocycles. The molecule has 3 aromatic rings. The number of rotatable bonds is 4. The summed E-state index contributed by atoms with van der Waals surface area (Å²) in [5, 5.41) is 18.2. The lowest BCUT2D eigenvalue weighted by atomic mass is 9.81. The van der Waals surface area contributed by atoms with Gasteiger partial charge in [0.05, 0.1) is 18.6 Å². The second-order valence-corrected chi connectivity index (χ2v) is 7.44. The average molecular weight is 402 g/mol. The predicted octanol–water partition coefficient (Wildman–Crippen LogP) is 3.93. The quantitative estimate of drug-likeness (QED) is 0.687. The molecule has 2 heterocycles. The molecule has 0 fully saturated rings. The van der Waals surface area contributed by atoms with Gasteiger partial charge in [0.15, 0.2) is 17.3 Å². The lowest BCUT2D eigenvalue weighted by Crippen LogP contribution is -2.38. The van der Waals surface area contributed by atoms with Crippen LogP contribution in [0.15, 0.2) is 60.3 Å². The fourth-order valence-electron chi connectivity index (χ4n) is 4.20. The number of anilines is 1. The van der Waals surface area contributed by atoms with E-state index in [9.17, 15) is 9.90 Å². The first kappa shape index (κ1) is 18.4. The van der Waals surface area contributed by atoms with Crippen molar-refractivity contribution in [1.82, 2.24) is 14.8 Å². The number of carbonyl (C=O) groups is 1. The Bertz CT molecular complexity index is 1140. The van der Waals surface area contributed by atoms with Crippen LogP contribution in [0.25, 0.3) is 11.4 Å². The molecule has 2 N–H and O–H groups in total. The minimum Gasteiger partial charge on any atom is -0.504 e. The van der Waals surface area contributed by atoms with Crippen LogP contribution in [0.5, 0.6) is 11.5 Å². The topological polar surface area (TPSA) is 89.3 Å². The maximum Gasteiger partial charge on any atom is 0.226 e. The van der Waals surface area contributed by atoms with Crippen molar-refractivity contribution in [1.29, 1.82) is 0 Å². The summed E-state index contributed by atoms with van der Waals surface area (Å²) in [5.74, 6) is 1.45. The Kier molecular flexibility index (Phi) is 4.50. The van der Waals surface area contributed by atoms with Gasteiger partial charge in [0, 0.05) is 17.7 Å². The van der Waals surface area contributed by atoms with Crippen molar-refractivity contribution < 1.29 is 14.6 Å². The maximum atomic E-state index is 13.0. The molecule has 2 aliphatic rings. The van der Waals surface area contributed by atoms with Crippen LogP contribution in [0.1, 0.15) is 31.4 Å². The number of aromatic nitrogens is 3. The number of phenolic OH excluding ortho intramolecular Hbond substituents is 1. The second kappa shape index (κ2) is 7.33. The molecule has 2 atom stereocenters. The third kappa shape index (κ3) is 3.03. The number of fused-ring (bicyclic) bond motifs is 2. The summed E-state index contributed by atoms with van der Waals surface area (Å²) in [6, 6.07) is 14.6. The zero-order chi connectivity index (χ0) is 20.7. The van der Waals surface area contributed by atoms with Crippen LogP contribution in [0, 0.1) is 5.92 Å². The van der Waals surface area contributed by atoms with Crippen LogP contribution >= 0.6 is 0 Å². The van der Waals surface area contributed by atoms with Crippen LogP contribution < -0.4 is 10.1 Å². The van der Waals surface area contributed by atoms with Crippen molar-refractivity contribution in [2.24, 2.45) is 5.92 Å². The van der Waals surface area contributed by atoms with Crippen molar-refractivity contribution in [3.05, 3.63) is 65.9 Å². The molecule has 0 radical (unpaired) electrons. The average Bonchev–Trinajstić information content (AvgIpc) is 3.19. The summed E-state index contributed by atoms with van der Waals surface area (Å²) in [7, 11) is 0. The summed E-state index contributed by atoms with van der Waals surface area (Å²) < 4.78 is 7.37. The monoisotopic (exact) mass is 402 g/mol. The van der Waals surface area contributed by atoms with Gasteiger partial charge >= 0.3 is 0 Å². The van der Waals surface area contributed by atoms with Gasteiger partial charge in [-0.25, -0.2) is 4.68 Å². The van der Waals surface area contributed by atoms with Gasteiger partial charge in [0.2, 0.25) is 5.95 Å². The third-order valence-corrected chi connectivity index (χ3v) is 5.56. The largest absolute Gasteiger partial charge is 0.504 e. The molecule has 0 saturated heterocycles. The SMILES string of the molecule is CCOc1cc([C@H]2[C@@H]3C(=O)CCC=C3Nc3nc(-c4ccccc4)nn32)ccc1O. The molecule has 0 amide bonds. The van der Waals surface area contributed by atoms with Gasteiger partial charge in [0.25, 0.3) is 0 Å². The molecule has 1 aliphatic heterocycles. The standard InChI is InChI=1S/C23H22N4O3/c1-2-30-19-13-15(11-12-17(19)28)21-20-16(9-6-10-18(20)29)24-23-25-22(26-27(21)23)14-7-4-3-5-8-14/h3-5,7-9,11-13,20-21,28H,2,6,10H2,1H3,(H,24,25,26)/t20-,21-/m0/s1. The Labute approximate surface area is 174 Å². The lowest BCUT2D eigenvalue weighted by Gasteiger charge is -2.36. The van der Waals surface area contributed by atoms with Gasteiger partial charge in [-0.15, -0.1) is 5.10 Å². The normalized spacial score (nSPS) is 20.0. The zero-order valence-corrected chi connectivity index (χ0v) is 16.6. The van der Waals surface area contributed by atoms with E-state index in [2.05, 4.69) is 11.4 Å². The van der Waals surface area contributed by atoms with E-state index in [-0.39, 0.29) is 23.5 Å². The molecule has 7 heteroatoms. The van der Waals surface area contributed by atoms with Crippen LogP contribution in [-0.4, -0.2) is 32.3 Å². The molecule has 0 spiro atoms. The Balaban J connectivity index is 1.67. The first-order valence-corrected chi connectivity index (χ1v) is 10.1. The Hall–Kier alpha value is -3.61. The second-order valence-electron chi connectivity index (χ2n) is 7.44. The summed E-state index contributed by atoms with van der Waals surface area (Å²) in [5.41, 5.74) is 2.61. The number of aromatic hydroxyl groups is 1. The van der Waals surface area contributed by atoms with E-state index < -0.39 is 0 Å². The highest BCUT2D eigenvalue weighted by molar-refractivity contribution is 5.87. The van der Waals surface area contributed by atoms with Gasteiger partial charge in [-0.2, -0.15) is 4.98 Å². The van der Waals surface area contributed by atoms with Crippen LogP contribution in [0.4, 0.5) is 5.95 Å². The number of phenols is 1. The van der Waals surface area contributed by atoms with E-state index in [1.165, 1.54) is 0 Å². The van der Waals surface area contributed by atoms with Crippen LogP contribution in [0.3, 0.4) is 0 Å². The van der Waals surface area contributed by atoms with Crippen LogP contribution in [0.2, 0.25) is 0 Å². The molecule has 2 aromatic carbocycles. The zero-order valence-electron chi connectivity index (χ0n) is 16.6. The number of carbonyl (C=O) groups excluding carboxylic acids is 1. The number of allylic oxidation sites excluding steroid dienone is 2. The first-order chi connectivity index (χ1) is 14.7. The summed E-state index contributed by atoms with van der Waals surface area (Å²) in [4.78, 5) is 17.7. The maximum absolute atomic E-state index is 13.0. The van der Waals surface area contributed by atoms with Crippen molar-refractivity contribution in [3.8, 4) is 22.9 Å². The van der Waals surface area contributed by atoms with E-state index >= 15 is 0 Å². The summed E-state index contributed by atoms with van der Waals surface area (Å²) in [6.07, 6.45) is 3.28. The molecule has 0 saturated carbocycles. The number of nitrogens with one attached hydrogen (secondary N) is 1. The van der Waals surface area contributed by atoms with E-state index in [0.717, 1.165) is 16.8 Å². The van der Waals surface area contributed by atoms with Crippen molar-refractivity contribution in [2.45, 2.75) is 25.8 Å². The Morgan fingerprint density at radius 2 is 2.07 bits per heavy atom. The lowest BCUT2D eigenvalue weighted by molar-refractivity contribution is -0.123. The van der Waals surface area contributed by atoms with Gasteiger partial charge in [-0.1, -0.05) is 42.5 Å². The molecule has 152 valence electrons. The van der Waals surface area contributed by atoms with Crippen molar-refractivity contribution in [2.75, 3.05) is 11.9 Å². The van der Waals surface area contributed by atoms with E-state index in [4.69, 9.17) is 14.8 Å². The molecule has 0 bridgehead atoms.